The van der Waals surface area contributed by atoms with E-state index in [4.69, 9.17) is 0 Å². The Hall–Kier alpha value is -0.860. The van der Waals surface area contributed by atoms with Crippen molar-refractivity contribution >= 4 is 0 Å². The molecule has 18 heavy (non-hydrogen) atoms. The zero-order valence-electron chi connectivity index (χ0n) is 11.6. The SMILES string of the molecule is Cc1ccc(C)c(C2(CCO)CCCNCC2)c1. The largest absolute Gasteiger partial charge is 0.396 e. The summed E-state index contributed by atoms with van der Waals surface area (Å²) in [6.07, 6.45) is 4.41. The second-order valence-corrected chi connectivity index (χ2v) is 5.68. The first-order valence-corrected chi connectivity index (χ1v) is 7.07. The lowest BCUT2D eigenvalue weighted by atomic mass is 9.70. The van der Waals surface area contributed by atoms with Crippen LogP contribution in [0.4, 0.5) is 0 Å². The van der Waals surface area contributed by atoms with Crippen LogP contribution in [0.5, 0.6) is 0 Å². The Balaban J connectivity index is 2.41. The molecule has 1 heterocycles. The topological polar surface area (TPSA) is 32.3 Å². The summed E-state index contributed by atoms with van der Waals surface area (Å²) in [7, 11) is 0. The maximum Gasteiger partial charge on any atom is 0.0439 e. The Kier molecular flexibility index (Phi) is 4.41. The normalized spacial score (nSPS) is 24.8. The fourth-order valence-corrected chi connectivity index (χ4v) is 3.30. The van der Waals surface area contributed by atoms with Gasteiger partial charge in [-0.05, 0) is 69.2 Å². The molecule has 0 saturated carbocycles. The van der Waals surface area contributed by atoms with Crippen molar-refractivity contribution in [2.75, 3.05) is 19.7 Å². The van der Waals surface area contributed by atoms with Crippen LogP contribution in [0.3, 0.4) is 0 Å². The number of nitrogens with one attached hydrogen (secondary N) is 1. The van der Waals surface area contributed by atoms with Crippen LogP contribution in [0.2, 0.25) is 0 Å². The standard InChI is InChI=1S/C16H25NO/c1-13-4-5-14(2)15(12-13)16(8-11-18)6-3-9-17-10-7-16/h4-5,12,17-18H,3,6-11H2,1-2H3. The molecule has 1 aliphatic heterocycles. The van der Waals surface area contributed by atoms with Gasteiger partial charge in [0.15, 0.2) is 0 Å². The maximum atomic E-state index is 9.48. The molecule has 2 N–H and O–H groups in total. The minimum Gasteiger partial charge on any atom is -0.396 e. The zero-order chi connectivity index (χ0) is 13.0. The summed E-state index contributed by atoms with van der Waals surface area (Å²) in [5, 5.41) is 13.0. The number of aliphatic hydroxyl groups is 1. The first-order chi connectivity index (χ1) is 8.68. The van der Waals surface area contributed by atoms with Crippen molar-refractivity contribution in [3.8, 4) is 0 Å². The molecule has 1 unspecified atom stereocenters. The van der Waals surface area contributed by atoms with Gasteiger partial charge in [0.25, 0.3) is 0 Å². The molecular formula is C16H25NO. The van der Waals surface area contributed by atoms with E-state index in [2.05, 4.69) is 37.4 Å². The van der Waals surface area contributed by atoms with Gasteiger partial charge in [-0.1, -0.05) is 23.8 Å². The van der Waals surface area contributed by atoms with E-state index in [1.165, 1.54) is 29.5 Å². The summed E-state index contributed by atoms with van der Waals surface area (Å²) < 4.78 is 0. The van der Waals surface area contributed by atoms with Crippen molar-refractivity contribution in [1.29, 1.82) is 0 Å². The van der Waals surface area contributed by atoms with Gasteiger partial charge in [0, 0.05) is 6.61 Å². The van der Waals surface area contributed by atoms with Crippen LogP contribution in [0.1, 0.15) is 42.4 Å². The summed E-state index contributed by atoms with van der Waals surface area (Å²) in [6, 6.07) is 6.73. The van der Waals surface area contributed by atoms with Crippen LogP contribution in [0, 0.1) is 13.8 Å². The third-order valence-corrected chi connectivity index (χ3v) is 4.34. The Labute approximate surface area is 110 Å². The monoisotopic (exact) mass is 247 g/mol. The summed E-state index contributed by atoms with van der Waals surface area (Å²) in [4.78, 5) is 0. The Morgan fingerprint density at radius 2 is 2.06 bits per heavy atom. The van der Waals surface area contributed by atoms with Crippen molar-refractivity contribution in [3.05, 3.63) is 34.9 Å². The van der Waals surface area contributed by atoms with Crippen LogP contribution in [0.25, 0.3) is 0 Å². The molecule has 2 heteroatoms. The number of rotatable bonds is 3. The smallest absolute Gasteiger partial charge is 0.0439 e. The fraction of sp³-hybridized carbons (Fsp3) is 0.625. The van der Waals surface area contributed by atoms with Crippen LogP contribution in [0.15, 0.2) is 18.2 Å². The predicted molar refractivity (Wildman–Crippen MR) is 76.0 cm³/mol. The Bertz CT molecular complexity index is 392. The van der Waals surface area contributed by atoms with E-state index in [1.54, 1.807) is 0 Å². The summed E-state index contributed by atoms with van der Waals surface area (Å²) in [5.41, 5.74) is 4.33. The number of benzene rings is 1. The molecule has 0 aromatic heterocycles. The second kappa shape index (κ2) is 5.85. The molecule has 1 aliphatic rings. The van der Waals surface area contributed by atoms with E-state index >= 15 is 0 Å². The van der Waals surface area contributed by atoms with Crippen LogP contribution in [-0.4, -0.2) is 24.8 Å². The molecule has 2 nitrogen and oxygen atoms in total. The number of aliphatic hydroxyl groups excluding tert-OH is 1. The quantitative estimate of drug-likeness (QED) is 0.860. The highest BCUT2D eigenvalue weighted by Crippen LogP contribution is 2.39. The van der Waals surface area contributed by atoms with Gasteiger partial charge in [-0.3, -0.25) is 0 Å². The van der Waals surface area contributed by atoms with Crippen LogP contribution in [-0.2, 0) is 5.41 Å². The van der Waals surface area contributed by atoms with Gasteiger partial charge in [-0.2, -0.15) is 0 Å². The first kappa shape index (κ1) is 13.6. The Morgan fingerprint density at radius 3 is 2.83 bits per heavy atom. The lowest BCUT2D eigenvalue weighted by Gasteiger charge is -2.34. The number of aryl methyl sites for hydroxylation is 2. The van der Waals surface area contributed by atoms with E-state index in [1.807, 2.05) is 0 Å². The average Bonchev–Trinajstić information content (AvgIpc) is 2.59. The lowest BCUT2D eigenvalue weighted by molar-refractivity contribution is 0.223. The molecule has 1 fully saturated rings. The third kappa shape index (κ3) is 2.76. The van der Waals surface area contributed by atoms with Gasteiger partial charge in [-0.15, -0.1) is 0 Å². The maximum absolute atomic E-state index is 9.48. The minimum atomic E-state index is 0.175. The summed E-state index contributed by atoms with van der Waals surface area (Å²) in [5.74, 6) is 0. The molecule has 0 radical (unpaired) electrons. The van der Waals surface area contributed by atoms with Crippen molar-refractivity contribution < 1.29 is 5.11 Å². The molecule has 100 valence electrons. The molecular weight excluding hydrogens is 222 g/mol. The molecule has 1 aromatic rings. The van der Waals surface area contributed by atoms with Gasteiger partial charge >= 0.3 is 0 Å². The minimum absolute atomic E-state index is 0.175. The number of hydrogen-bond donors (Lipinski definition) is 2. The van der Waals surface area contributed by atoms with Crippen LogP contribution >= 0.6 is 0 Å². The highest BCUT2D eigenvalue weighted by molar-refractivity contribution is 5.37. The zero-order valence-corrected chi connectivity index (χ0v) is 11.6. The van der Waals surface area contributed by atoms with Gasteiger partial charge < -0.3 is 10.4 Å². The van der Waals surface area contributed by atoms with E-state index in [9.17, 15) is 5.11 Å². The van der Waals surface area contributed by atoms with Gasteiger partial charge in [0.05, 0.1) is 0 Å². The predicted octanol–water partition coefficient (Wildman–Crippen LogP) is 2.70. The van der Waals surface area contributed by atoms with E-state index in [-0.39, 0.29) is 12.0 Å². The van der Waals surface area contributed by atoms with E-state index in [0.717, 1.165) is 25.9 Å². The van der Waals surface area contributed by atoms with Gasteiger partial charge in [0.1, 0.15) is 0 Å². The molecule has 0 spiro atoms. The first-order valence-electron chi connectivity index (χ1n) is 7.07. The highest BCUT2D eigenvalue weighted by Gasteiger charge is 2.33. The summed E-state index contributed by atoms with van der Waals surface area (Å²) >= 11 is 0. The molecule has 0 amide bonds. The van der Waals surface area contributed by atoms with Gasteiger partial charge in [0.2, 0.25) is 0 Å². The molecule has 2 rings (SSSR count). The van der Waals surface area contributed by atoms with Crippen molar-refractivity contribution in [3.63, 3.8) is 0 Å². The molecule has 0 aliphatic carbocycles. The van der Waals surface area contributed by atoms with Crippen molar-refractivity contribution in [1.82, 2.24) is 5.32 Å². The third-order valence-electron chi connectivity index (χ3n) is 4.34. The molecule has 0 bridgehead atoms. The Morgan fingerprint density at radius 1 is 1.22 bits per heavy atom. The molecule has 1 saturated heterocycles. The fourth-order valence-electron chi connectivity index (χ4n) is 3.30. The number of hydrogen-bond acceptors (Lipinski definition) is 2. The molecule has 1 atom stereocenters. The van der Waals surface area contributed by atoms with Gasteiger partial charge in [-0.25, -0.2) is 0 Å². The summed E-state index contributed by atoms with van der Waals surface area (Å²) in [6.45, 7) is 6.82. The molecule has 1 aromatic carbocycles. The average molecular weight is 247 g/mol. The van der Waals surface area contributed by atoms with Crippen LogP contribution < -0.4 is 5.32 Å². The van der Waals surface area contributed by atoms with E-state index in [0.29, 0.717) is 0 Å². The highest BCUT2D eigenvalue weighted by atomic mass is 16.3. The van der Waals surface area contributed by atoms with E-state index < -0.39 is 0 Å². The lowest BCUT2D eigenvalue weighted by Crippen LogP contribution is -2.30. The van der Waals surface area contributed by atoms with Crippen molar-refractivity contribution in [2.45, 2.75) is 44.9 Å². The second-order valence-electron chi connectivity index (χ2n) is 5.68. The van der Waals surface area contributed by atoms with Crippen molar-refractivity contribution in [2.24, 2.45) is 0 Å².